The standard InChI is InChI=1S/C14H21N3O2.ClH/c1-2-3-8-17(10-13(16)18)14(19)12-6-4-11(9-15)5-7-12;/h4-7H,2-3,8-10,15H2,1H3,(H2,16,18);1H. The predicted octanol–water partition coefficient (Wildman–Crippen LogP) is 1.29. The van der Waals surface area contributed by atoms with Crippen molar-refractivity contribution in [1.82, 2.24) is 4.90 Å². The van der Waals surface area contributed by atoms with Gasteiger partial charge in [-0.3, -0.25) is 9.59 Å². The first-order valence-electron chi connectivity index (χ1n) is 6.45. The number of amides is 2. The Morgan fingerprint density at radius 3 is 2.25 bits per heavy atom. The summed E-state index contributed by atoms with van der Waals surface area (Å²) >= 11 is 0. The Balaban J connectivity index is 0.00000361. The van der Waals surface area contributed by atoms with Gasteiger partial charge in [0, 0.05) is 18.7 Å². The van der Waals surface area contributed by atoms with E-state index in [1.54, 1.807) is 12.1 Å². The lowest BCUT2D eigenvalue weighted by Crippen LogP contribution is -2.39. The first-order valence-corrected chi connectivity index (χ1v) is 6.45. The number of primary amides is 1. The Labute approximate surface area is 125 Å². The van der Waals surface area contributed by atoms with Crippen molar-refractivity contribution in [2.24, 2.45) is 11.5 Å². The van der Waals surface area contributed by atoms with Crippen LogP contribution in [-0.4, -0.2) is 29.8 Å². The van der Waals surface area contributed by atoms with Gasteiger partial charge >= 0.3 is 0 Å². The summed E-state index contributed by atoms with van der Waals surface area (Å²) in [6.07, 6.45) is 1.80. The van der Waals surface area contributed by atoms with Crippen LogP contribution < -0.4 is 11.5 Å². The SMILES string of the molecule is CCCCN(CC(N)=O)C(=O)c1ccc(CN)cc1.Cl. The molecule has 4 N–H and O–H groups in total. The van der Waals surface area contributed by atoms with E-state index in [-0.39, 0.29) is 24.9 Å². The Morgan fingerprint density at radius 2 is 1.80 bits per heavy atom. The van der Waals surface area contributed by atoms with Crippen molar-refractivity contribution in [3.05, 3.63) is 35.4 Å². The van der Waals surface area contributed by atoms with Crippen molar-refractivity contribution < 1.29 is 9.59 Å². The van der Waals surface area contributed by atoms with E-state index in [0.717, 1.165) is 18.4 Å². The second kappa shape index (κ2) is 9.34. The predicted molar refractivity (Wildman–Crippen MR) is 81.6 cm³/mol. The molecule has 0 fully saturated rings. The maximum atomic E-state index is 12.3. The fraction of sp³-hybridized carbons (Fsp3) is 0.429. The van der Waals surface area contributed by atoms with Crippen molar-refractivity contribution in [3.8, 4) is 0 Å². The van der Waals surface area contributed by atoms with Crippen molar-refractivity contribution in [1.29, 1.82) is 0 Å². The number of halogens is 1. The van der Waals surface area contributed by atoms with E-state index in [9.17, 15) is 9.59 Å². The molecule has 0 aliphatic rings. The summed E-state index contributed by atoms with van der Waals surface area (Å²) in [5, 5.41) is 0. The molecule has 2 amide bonds. The number of unbranched alkanes of at least 4 members (excludes halogenated alkanes) is 1. The maximum Gasteiger partial charge on any atom is 0.254 e. The first kappa shape index (κ1) is 18.4. The number of carbonyl (C=O) groups excluding carboxylic acids is 2. The Morgan fingerprint density at radius 1 is 1.20 bits per heavy atom. The van der Waals surface area contributed by atoms with E-state index < -0.39 is 5.91 Å². The fourth-order valence-electron chi connectivity index (χ4n) is 1.76. The molecule has 0 aromatic heterocycles. The van der Waals surface area contributed by atoms with Gasteiger partial charge < -0.3 is 16.4 Å². The molecule has 112 valence electrons. The fourth-order valence-corrected chi connectivity index (χ4v) is 1.76. The molecule has 0 heterocycles. The summed E-state index contributed by atoms with van der Waals surface area (Å²) in [4.78, 5) is 24.8. The number of nitrogens with two attached hydrogens (primary N) is 2. The molecule has 6 heteroatoms. The van der Waals surface area contributed by atoms with Crippen molar-refractivity contribution in [2.45, 2.75) is 26.3 Å². The Kier molecular flexibility index (Phi) is 8.59. The quantitative estimate of drug-likeness (QED) is 0.795. The van der Waals surface area contributed by atoms with Crippen LogP contribution >= 0.6 is 12.4 Å². The molecule has 0 radical (unpaired) electrons. The Hall–Kier alpha value is -1.59. The first-order chi connectivity index (χ1) is 9.08. The number of carbonyl (C=O) groups is 2. The van der Waals surface area contributed by atoms with E-state index in [0.29, 0.717) is 18.7 Å². The molecule has 1 rings (SSSR count). The molecule has 0 atom stereocenters. The molecule has 0 saturated heterocycles. The van der Waals surface area contributed by atoms with Crippen LogP contribution in [0.3, 0.4) is 0 Å². The van der Waals surface area contributed by atoms with Crippen molar-refractivity contribution in [3.63, 3.8) is 0 Å². The highest BCUT2D eigenvalue weighted by Gasteiger charge is 2.16. The van der Waals surface area contributed by atoms with E-state index in [1.807, 2.05) is 19.1 Å². The summed E-state index contributed by atoms with van der Waals surface area (Å²) in [6.45, 7) is 2.96. The van der Waals surface area contributed by atoms with Crippen LogP contribution in [0.4, 0.5) is 0 Å². The molecule has 0 aliphatic carbocycles. The number of hydrogen-bond donors (Lipinski definition) is 2. The Bertz CT molecular complexity index is 435. The van der Waals surface area contributed by atoms with Gasteiger partial charge in [0.05, 0.1) is 6.54 Å². The lowest BCUT2D eigenvalue weighted by molar-refractivity contribution is -0.118. The lowest BCUT2D eigenvalue weighted by Gasteiger charge is -2.21. The van der Waals surface area contributed by atoms with Gasteiger partial charge in [-0.1, -0.05) is 25.5 Å². The van der Waals surface area contributed by atoms with Gasteiger partial charge in [-0.15, -0.1) is 12.4 Å². The van der Waals surface area contributed by atoms with Crippen molar-refractivity contribution in [2.75, 3.05) is 13.1 Å². The van der Waals surface area contributed by atoms with Gasteiger partial charge in [-0.25, -0.2) is 0 Å². The second-order valence-corrected chi connectivity index (χ2v) is 4.45. The molecule has 5 nitrogen and oxygen atoms in total. The molecule has 20 heavy (non-hydrogen) atoms. The highest BCUT2D eigenvalue weighted by molar-refractivity contribution is 5.96. The minimum absolute atomic E-state index is 0. The van der Waals surface area contributed by atoms with Gasteiger partial charge in [0.15, 0.2) is 0 Å². The molecule has 1 aromatic rings. The number of benzene rings is 1. The lowest BCUT2D eigenvalue weighted by atomic mass is 10.1. The van der Waals surface area contributed by atoms with Crippen LogP contribution in [-0.2, 0) is 11.3 Å². The van der Waals surface area contributed by atoms with Crippen LogP contribution in [0.1, 0.15) is 35.7 Å². The maximum absolute atomic E-state index is 12.3. The van der Waals surface area contributed by atoms with Crippen LogP contribution in [0.2, 0.25) is 0 Å². The number of rotatable bonds is 7. The zero-order valence-corrected chi connectivity index (χ0v) is 12.5. The minimum Gasteiger partial charge on any atom is -0.368 e. The molecule has 1 aromatic carbocycles. The second-order valence-electron chi connectivity index (χ2n) is 4.45. The highest BCUT2D eigenvalue weighted by atomic mass is 35.5. The van der Waals surface area contributed by atoms with Crippen LogP contribution in [0.25, 0.3) is 0 Å². The van der Waals surface area contributed by atoms with Gasteiger partial charge in [0.2, 0.25) is 5.91 Å². The largest absolute Gasteiger partial charge is 0.368 e. The summed E-state index contributed by atoms with van der Waals surface area (Å²) in [7, 11) is 0. The van der Waals surface area contributed by atoms with Gasteiger partial charge in [0.25, 0.3) is 5.91 Å². The number of hydrogen-bond acceptors (Lipinski definition) is 3. The van der Waals surface area contributed by atoms with Crippen LogP contribution in [0, 0.1) is 0 Å². The average Bonchev–Trinajstić information content (AvgIpc) is 2.42. The molecular formula is C14H22ClN3O2. The normalized spacial score (nSPS) is 9.70. The van der Waals surface area contributed by atoms with E-state index in [1.165, 1.54) is 4.90 Å². The summed E-state index contributed by atoms with van der Waals surface area (Å²) in [5.41, 5.74) is 12.2. The third kappa shape index (κ3) is 5.59. The highest BCUT2D eigenvalue weighted by Crippen LogP contribution is 2.08. The monoisotopic (exact) mass is 299 g/mol. The summed E-state index contributed by atoms with van der Waals surface area (Å²) < 4.78 is 0. The summed E-state index contributed by atoms with van der Waals surface area (Å²) in [6, 6.07) is 7.08. The molecule has 0 aliphatic heterocycles. The van der Waals surface area contributed by atoms with Crippen LogP contribution in [0.5, 0.6) is 0 Å². The zero-order valence-electron chi connectivity index (χ0n) is 11.7. The molecule has 0 unspecified atom stereocenters. The molecule has 0 bridgehead atoms. The summed E-state index contributed by atoms with van der Waals surface area (Å²) in [5.74, 6) is -0.668. The minimum atomic E-state index is -0.497. The van der Waals surface area contributed by atoms with E-state index in [2.05, 4.69) is 0 Å². The average molecular weight is 300 g/mol. The van der Waals surface area contributed by atoms with Gasteiger partial charge in [0.1, 0.15) is 0 Å². The van der Waals surface area contributed by atoms with E-state index in [4.69, 9.17) is 11.5 Å². The van der Waals surface area contributed by atoms with E-state index >= 15 is 0 Å². The molecular weight excluding hydrogens is 278 g/mol. The zero-order chi connectivity index (χ0) is 14.3. The third-order valence-corrected chi connectivity index (χ3v) is 2.85. The van der Waals surface area contributed by atoms with Gasteiger partial charge in [-0.2, -0.15) is 0 Å². The van der Waals surface area contributed by atoms with Crippen molar-refractivity contribution >= 4 is 24.2 Å². The smallest absolute Gasteiger partial charge is 0.254 e. The third-order valence-electron chi connectivity index (χ3n) is 2.85. The molecule has 0 saturated carbocycles. The van der Waals surface area contributed by atoms with Gasteiger partial charge in [-0.05, 0) is 24.1 Å². The topological polar surface area (TPSA) is 89.4 Å². The van der Waals surface area contributed by atoms with Crippen LogP contribution in [0.15, 0.2) is 24.3 Å². The molecule has 0 spiro atoms. The number of nitrogens with zero attached hydrogens (tertiary/aromatic N) is 1.